The topological polar surface area (TPSA) is 66.5 Å². The Kier molecular flexibility index (Phi) is 6.21. The highest BCUT2D eigenvalue weighted by Gasteiger charge is 2.29. The molecule has 0 radical (unpaired) electrons. The fourth-order valence-corrected chi connectivity index (χ4v) is 4.44. The van der Waals surface area contributed by atoms with Crippen molar-refractivity contribution in [3.63, 3.8) is 0 Å². The van der Waals surface area contributed by atoms with Gasteiger partial charge in [0.25, 0.3) is 0 Å². The highest BCUT2D eigenvalue weighted by Crippen LogP contribution is 2.29. The molecule has 26 heavy (non-hydrogen) atoms. The molecule has 0 aliphatic carbocycles. The van der Waals surface area contributed by atoms with Crippen LogP contribution in [0.3, 0.4) is 0 Å². The molecule has 0 aliphatic rings. The van der Waals surface area contributed by atoms with E-state index in [-0.39, 0.29) is 15.7 Å². The highest BCUT2D eigenvalue weighted by atomic mass is 35.5. The number of halogens is 2. The van der Waals surface area contributed by atoms with E-state index in [0.29, 0.717) is 5.69 Å². The zero-order valence-corrected chi connectivity index (χ0v) is 17.2. The summed E-state index contributed by atoms with van der Waals surface area (Å²) in [7, 11) is -3.75. The van der Waals surface area contributed by atoms with E-state index < -0.39 is 22.0 Å². The van der Waals surface area contributed by atoms with Crippen LogP contribution in [0.15, 0.2) is 36.4 Å². The molecular weight excluding hydrogens is 395 g/mol. The molecule has 140 valence electrons. The molecule has 2 rings (SSSR count). The van der Waals surface area contributed by atoms with E-state index in [4.69, 9.17) is 23.2 Å². The minimum atomic E-state index is -3.75. The summed E-state index contributed by atoms with van der Waals surface area (Å²) in [4.78, 5) is 12.7. The molecule has 0 spiro atoms. The van der Waals surface area contributed by atoms with Crippen LogP contribution < -0.4 is 9.62 Å². The third-order valence-corrected chi connectivity index (χ3v) is 5.36. The lowest BCUT2D eigenvalue weighted by molar-refractivity contribution is -0.116. The zero-order valence-electron chi connectivity index (χ0n) is 14.9. The second-order valence-corrected chi connectivity index (χ2v) is 8.96. The van der Waals surface area contributed by atoms with Gasteiger partial charge in [-0.15, -0.1) is 0 Å². The van der Waals surface area contributed by atoms with Gasteiger partial charge in [0.05, 0.1) is 11.9 Å². The van der Waals surface area contributed by atoms with Gasteiger partial charge in [-0.2, -0.15) is 0 Å². The van der Waals surface area contributed by atoms with Crippen molar-refractivity contribution in [1.82, 2.24) is 0 Å². The lowest BCUT2D eigenvalue weighted by atomic mass is 10.1. The molecule has 0 fully saturated rings. The van der Waals surface area contributed by atoms with Gasteiger partial charge in [-0.25, -0.2) is 8.42 Å². The lowest BCUT2D eigenvalue weighted by Crippen LogP contribution is -2.45. The molecule has 2 aromatic carbocycles. The number of carbonyl (C=O) groups is 1. The number of amides is 1. The molecule has 0 unspecified atom stereocenters. The average Bonchev–Trinajstić information content (AvgIpc) is 2.43. The minimum Gasteiger partial charge on any atom is -0.324 e. The maximum atomic E-state index is 12.7. The Morgan fingerprint density at radius 3 is 1.96 bits per heavy atom. The summed E-state index contributed by atoms with van der Waals surface area (Å²) >= 11 is 12.0. The second kappa shape index (κ2) is 7.86. The van der Waals surface area contributed by atoms with Gasteiger partial charge in [0.2, 0.25) is 15.9 Å². The zero-order chi connectivity index (χ0) is 19.6. The van der Waals surface area contributed by atoms with Crippen LogP contribution in [0.2, 0.25) is 10.0 Å². The van der Waals surface area contributed by atoms with E-state index in [1.807, 2.05) is 32.0 Å². The van der Waals surface area contributed by atoms with Gasteiger partial charge in [0, 0.05) is 15.7 Å². The first kappa shape index (κ1) is 20.6. The van der Waals surface area contributed by atoms with E-state index in [1.165, 1.54) is 25.1 Å². The molecule has 0 bridgehead atoms. The van der Waals surface area contributed by atoms with E-state index in [9.17, 15) is 13.2 Å². The van der Waals surface area contributed by atoms with Crippen molar-refractivity contribution in [3.8, 4) is 0 Å². The van der Waals surface area contributed by atoms with Crippen LogP contribution in [0.1, 0.15) is 18.1 Å². The maximum Gasteiger partial charge on any atom is 0.247 e. The fraction of sp³-hybridized carbons (Fsp3) is 0.278. The van der Waals surface area contributed by atoms with Crippen LogP contribution in [0.25, 0.3) is 0 Å². The molecule has 0 aromatic heterocycles. The summed E-state index contributed by atoms with van der Waals surface area (Å²) in [5.41, 5.74) is 2.83. The summed E-state index contributed by atoms with van der Waals surface area (Å²) in [6, 6.07) is 9.02. The van der Waals surface area contributed by atoms with E-state index in [1.54, 1.807) is 0 Å². The monoisotopic (exact) mass is 414 g/mol. The first-order valence-electron chi connectivity index (χ1n) is 7.82. The standard InChI is InChI=1S/C18H20Cl2N2O3S/c1-11-5-12(2)7-16(6-11)21-18(23)13(3)22(26(4,24)25)17-9-14(19)8-15(20)10-17/h5-10,13H,1-4H3,(H,21,23)/t13-/m0/s1. The van der Waals surface area contributed by atoms with E-state index in [0.717, 1.165) is 21.7 Å². The lowest BCUT2D eigenvalue weighted by Gasteiger charge is -2.28. The predicted octanol–water partition coefficient (Wildman–Crippen LogP) is 4.40. The van der Waals surface area contributed by atoms with Gasteiger partial charge in [0.1, 0.15) is 6.04 Å². The molecule has 1 amide bonds. The summed E-state index contributed by atoms with van der Waals surface area (Å²) in [5, 5.41) is 3.33. The number of anilines is 2. The number of aryl methyl sites for hydroxylation is 2. The molecule has 5 nitrogen and oxygen atoms in total. The molecule has 2 aromatic rings. The minimum absolute atomic E-state index is 0.230. The molecular formula is C18H20Cl2N2O3S. The smallest absolute Gasteiger partial charge is 0.247 e. The number of rotatable bonds is 5. The van der Waals surface area contributed by atoms with Crippen LogP contribution >= 0.6 is 23.2 Å². The average molecular weight is 415 g/mol. The Morgan fingerprint density at radius 1 is 1.00 bits per heavy atom. The van der Waals surface area contributed by atoms with Crippen LogP contribution in [-0.2, 0) is 14.8 Å². The van der Waals surface area contributed by atoms with Crippen molar-refractivity contribution < 1.29 is 13.2 Å². The predicted molar refractivity (Wildman–Crippen MR) is 108 cm³/mol. The van der Waals surface area contributed by atoms with Crippen molar-refractivity contribution in [3.05, 3.63) is 57.6 Å². The van der Waals surface area contributed by atoms with Crippen molar-refractivity contribution in [2.75, 3.05) is 15.9 Å². The molecule has 8 heteroatoms. The molecule has 0 aliphatic heterocycles. The molecule has 1 atom stereocenters. The van der Waals surface area contributed by atoms with Crippen LogP contribution in [-0.4, -0.2) is 26.6 Å². The van der Waals surface area contributed by atoms with Gasteiger partial charge in [-0.05, 0) is 62.2 Å². The Morgan fingerprint density at radius 2 is 1.50 bits per heavy atom. The first-order valence-corrected chi connectivity index (χ1v) is 10.4. The van der Waals surface area contributed by atoms with Crippen LogP contribution in [0.5, 0.6) is 0 Å². The largest absolute Gasteiger partial charge is 0.324 e. The second-order valence-electron chi connectivity index (χ2n) is 6.23. The summed E-state index contributed by atoms with van der Waals surface area (Å²) in [6.45, 7) is 5.35. The molecule has 0 saturated heterocycles. The Labute approximate surface area is 164 Å². The number of sulfonamides is 1. The van der Waals surface area contributed by atoms with Crippen molar-refractivity contribution >= 4 is 50.5 Å². The Balaban J connectivity index is 2.37. The first-order chi connectivity index (χ1) is 12.0. The van der Waals surface area contributed by atoms with Gasteiger partial charge < -0.3 is 5.32 Å². The number of nitrogens with one attached hydrogen (secondary N) is 1. The molecule has 1 N–H and O–H groups in total. The van der Waals surface area contributed by atoms with Crippen LogP contribution in [0, 0.1) is 13.8 Å². The third kappa shape index (κ3) is 5.13. The Hall–Kier alpha value is -1.76. The van der Waals surface area contributed by atoms with Crippen molar-refractivity contribution in [1.29, 1.82) is 0 Å². The number of hydrogen-bond donors (Lipinski definition) is 1. The van der Waals surface area contributed by atoms with Gasteiger partial charge in [0.15, 0.2) is 0 Å². The molecule has 0 saturated carbocycles. The highest BCUT2D eigenvalue weighted by molar-refractivity contribution is 7.92. The fourth-order valence-electron chi connectivity index (χ4n) is 2.77. The third-order valence-electron chi connectivity index (χ3n) is 3.68. The van der Waals surface area contributed by atoms with E-state index in [2.05, 4.69) is 5.32 Å². The summed E-state index contributed by atoms with van der Waals surface area (Å²) < 4.78 is 25.6. The quantitative estimate of drug-likeness (QED) is 0.787. The number of benzene rings is 2. The number of carbonyl (C=O) groups excluding carboxylic acids is 1. The molecule has 0 heterocycles. The summed E-state index contributed by atoms with van der Waals surface area (Å²) in [5.74, 6) is -0.462. The number of nitrogens with zero attached hydrogens (tertiary/aromatic N) is 1. The number of hydrogen-bond acceptors (Lipinski definition) is 3. The van der Waals surface area contributed by atoms with Gasteiger partial charge in [-0.3, -0.25) is 9.10 Å². The van der Waals surface area contributed by atoms with Gasteiger partial charge in [-0.1, -0.05) is 29.3 Å². The van der Waals surface area contributed by atoms with Crippen LogP contribution in [0.4, 0.5) is 11.4 Å². The SMILES string of the molecule is Cc1cc(C)cc(NC(=O)[C@H](C)N(c2cc(Cl)cc(Cl)c2)S(C)(=O)=O)c1. The van der Waals surface area contributed by atoms with E-state index >= 15 is 0 Å². The Bertz CT molecular complexity index is 905. The summed E-state index contributed by atoms with van der Waals surface area (Å²) in [6.07, 6.45) is 1.03. The van der Waals surface area contributed by atoms with Crippen molar-refractivity contribution in [2.24, 2.45) is 0 Å². The van der Waals surface area contributed by atoms with Gasteiger partial charge >= 0.3 is 0 Å². The maximum absolute atomic E-state index is 12.7. The van der Waals surface area contributed by atoms with Crippen molar-refractivity contribution in [2.45, 2.75) is 26.8 Å². The normalized spacial score (nSPS) is 12.5.